The van der Waals surface area contributed by atoms with Gasteiger partial charge in [0.15, 0.2) is 0 Å². The molecule has 0 aromatic heterocycles. The quantitative estimate of drug-likeness (QED) is 0.663. The normalized spacial score (nSPS) is 27.7. The Morgan fingerprint density at radius 3 is 2.69 bits per heavy atom. The molecule has 0 saturated carbocycles. The number of carbonyl (C=O) groups excluding carboxylic acids is 1. The molecule has 6 nitrogen and oxygen atoms in total. The van der Waals surface area contributed by atoms with Gasteiger partial charge in [0.05, 0.1) is 24.9 Å². The Balaban J connectivity index is 2.73. The maximum absolute atomic E-state index is 11.5. The van der Waals surface area contributed by atoms with Crippen LogP contribution in [0.5, 0.6) is 0 Å². The zero-order valence-corrected chi connectivity index (χ0v) is 10.2. The third-order valence-corrected chi connectivity index (χ3v) is 3.87. The van der Waals surface area contributed by atoms with Crippen molar-refractivity contribution >= 4 is 16.0 Å². The van der Waals surface area contributed by atoms with Gasteiger partial charge >= 0.3 is 5.97 Å². The van der Waals surface area contributed by atoms with Gasteiger partial charge in [-0.1, -0.05) is 0 Å². The number of carbonyl (C=O) groups is 1. The average Bonchev–Trinajstić information content (AvgIpc) is 2.16. The van der Waals surface area contributed by atoms with E-state index in [0.29, 0.717) is 0 Å². The van der Waals surface area contributed by atoms with E-state index in [0.717, 1.165) is 6.26 Å². The Kier molecular flexibility index (Phi) is 4.28. The Bertz CT molecular complexity index is 353. The number of aliphatic hydroxyl groups excluding tert-OH is 1. The number of esters is 1. The van der Waals surface area contributed by atoms with E-state index in [9.17, 15) is 18.3 Å². The van der Waals surface area contributed by atoms with Crippen molar-refractivity contribution in [3.8, 4) is 0 Å². The molecule has 0 radical (unpaired) electrons. The van der Waals surface area contributed by atoms with Gasteiger partial charge in [-0.15, -0.1) is 0 Å². The number of aliphatic hydroxyl groups is 1. The van der Waals surface area contributed by atoms with Crippen molar-refractivity contribution in [1.82, 2.24) is 4.31 Å². The highest BCUT2D eigenvalue weighted by Crippen LogP contribution is 2.20. The maximum Gasteiger partial charge on any atom is 0.312 e. The van der Waals surface area contributed by atoms with Crippen LogP contribution in [0.15, 0.2) is 0 Å². The van der Waals surface area contributed by atoms with Crippen LogP contribution in [0.2, 0.25) is 0 Å². The van der Waals surface area contributed by atoms with Crippen molar-refractivity contribution in [2.24, 2.45) is 5.92 Å². The summed E-state index contributed by atoms with van der Waals surface area (Å²) >= 11 is 0. The van der Waals surface area contributed by atoms with Crippen molar-refractivity contribution in [2.75, 3.05) is 26.0 Å². The Labute approximate surface area is 95.2 Å². The molecule has 1 aliphatic heterocycles. The van der Waals surface area contributed by atoms with E-state index in [1.165, 1.54) is 4.31 Å². The lowest BCUT2D eigenvalue weighted by molar-refractivity contribution is -0.154. The van der Waals surface area contributed by atoms with Crippen LogP contribution >= 0.6 is 0 Å². The summed E-state index contributed by atoms with van der Waals surface area (Å²) in [5.41, 5.74) is 0. The lowest BCUT2D eigenvalue weighted by Crippen LogP contribution is -2.48. The highest BCUT2D eigenvalue weighted by atomic mass is 32.2. The summed E-state index contributed by atoms with van der Waals surface area (Å²) in [7, 11) is -3.32. The molecule has 0 bridgehead atoms. The van der Waals surface area contributed by atoms with E-state index in [4.69, 9.17) is 4.74 Å². The van der Waals surface area contributed by atoms with Crippen molar-refractivity contribution in [2.45, 2.75) is 19.4 Å². The van der Waals surface area contributed by atoms with Gasteiger partial charge in [0.1, 0.15) is 0 Å². The highest BCUT2D eigenvalue weighted by Gasteiger charge is 2.37. The molecule has 0 spiro atoms. The molecular formula is C9H17NO5S. The van der Waals surface area contributed by atoms with E-state index in [2.05, 4.69) is 0 Å². The summed E-state index contributed by atoms with van der Waals surface area (Å²) in [4.78, 5) is 11.5. The molecule has 1 aliphatic rings. The molecule has 1 rings (SSSR count). The molecule has 1 heterocycles. The summed E-state index contributed by atoms with van der Waals surface area (Å²) in [5.74, 6) is -1.31. The molecule has 2 unspecified atom stereocenters. The number of piperidine rings is 1. The van der Waals surface area contributed by atoms with Gasteiger partial charge in [-0.25, -0.2) is 12.7 Å². The van der Waals surface area contributed by atoms with Crippen LogP contribution in [-0.2, 0) is 19.6 Å². The molecule has 0 aromatic rings. The van der Waals surface area contributed by atoms with Gasteiger partial charge in [0, 0.05) is 13.1 Å². The number of nitrogens with zero attached hydrogens (tertiary/aromatic N) is 1. The molecule has 1 fully saturated rings. The van der Waals surface area contributed by atoms with Gasteiger partial charge in [-0.05, 0) is 13.3 Å². The van der Waals surface area contributed by atoms with Crippen molar-refractivity contribution in [3.63, 3.8) is 0 Å². The predicted molar refractivity (Wildman–Crippen MR) is 57.2 cm³/mol. The van der Waals surface area contributed by atoms with Crippen molar-refractivity contribution in [3.05, 3.63) is 0 Å². The lowest BCUT2D eigenvalue weighted by atomic mass is 9.96. The highest BCUT2D eigenvalue weighted by molar-refractivity contribution is 7.88. The largest absolute Gasteiger partial charge is 0.466 e. The third-order valence-electron chi connectivity index (χ3n) is 2.60. The average molecular weight is 251 g/mol. The predicted octanol–water partition coefficient (Wildman–Crippen LogP) is -0.808. The number of hydrogen-bond acceptors (Lipinski definition) is 5. The third kappa shape index (κ3) is 3.16. The minimum Gasteiger partial charge on any atom is -0.466 e. The molecular weight excluding hydrogens is 234 g/mol. The topological polar surface area (TPSA) is 83.9 Å². The SMILES string of the molecule is CCOC(=O)C1CN(S(C)(=O)=O)CCC1O. The van der Waals surface area contributed by atoms with Crippen LogP contribution in [0.1, 0.15) is 13.3 Å². The Morgan fingerprint density at radius 2 is 2.19 bits per heavy atom. The van der Waals surface area contributed by atoms with E-state index < -0.39 is 28.0 Å². The fourth-order valence-electron chi connectivity index (χ4n) is 1.69. The summed E-state index contributed by atoms with van der Waals surface area (Å²) < 4.78 is 28.6. The molecule has 1 N–H and O–H groups in total. The van der Waals surface area contributed by atoms with Gasteiger partial charge in [-0.2, -0.15) is 0 Å². The van der Waals surface area contributed by atoms with Crippen LogP contribution < -0.4 is 0 Å². The first-order valence-corrected chi connectivity index (χ1v) is 7.01. The first-order valence-electron chi connectivity index (χ1n) is 5.16. The summed E-state index contributed by atoms with van der Waals surface area (Å²) in [6.07, 6.45) is 0.528. The van der Waals surface area contributed by atoms with Crippen LogP contribution in [0.3, 0.4) is 0 Å². The van der Waals surface area contributed by atoms with E-state index in [-0.39, 0.29) is 26.1 Å². The Hall–Kier alpha value is -0.660. The zero-order valence-electron chi connectivity index (χ0n) is 9.42. The first kappa shape index (κ1) is 13.4. The molecule has 7 heteroatoms. The van der Waals surface area contributed by atoms with E-state index >= 15 is 0 Å². The molecule has 1 saturated heterocycles. The van der Waals surface area contributed by atoms with Crippen molar-refractivity contribution in [1.29, 1.82) is 0 Å². The smallest absolute Gasteiger partial charge is 0.312 e. The van der Waals surface area contributed by atoms with Crippen LogP contribution in [-0.4, -0.2) is 55.9 Å². The first-order chi connectivity index (χ1) is 7.36. The summed E-state index contributed by atoms with van der Waals surface area (Å²) in [6.45, 7) is 2.14. The van der Waals surface area contributed by atoms with E-state index in [1.54, 1.807) is 6.92 Å². The number of hydrogen-bond donors (Lipinski definition) is 1. The standard InChI is InChI=1S/C9H17NO5S/c1-3-15-9(12)7-6-10(16(2,13)14)5-4-8(7)11/h7-8,11H,3-6H2,1-2H3. The van der Waals surface area contributed by atoms with Crippen LogP contribution in [0.4, 0.5) is 0 Å². The number of ether oxygens (including phenoxy) is 1. The fourth-order valence-corrected chi connectivity index (χ4v) is 2.56. The van der Waals surface area contributed by atoms with Gasteiger partial charge in [0.2, 0.25) is 10.0 Å². The second-order valence-corrected chi connectivity index (χ2v) is 5.82. The second kappa shape index (κ2) is 5.11. The van der Waals surface area contributed by atoms with Crippen LogP contribution in [0, 0.1) is 5.92 Å². The van der Waals surface area contributed by atoms with Crippen molar-refractivity contribution < 1.29 is 23.1 Å². The van der Waals surface area contributed by atoms with Crippen LogP contribution in [0.25, 0.3) is 0 Å². The van der Waals surface area contributed by atoms with Gasteiger partial charge < -0.3 is 9.84 Å². The lowest BCUT2D eigenvalue weighted by Gasteiger charge is -2.33. The maximum atomic E-state index is 11.5. The molecule has 16 heavy (non-hydrogen) atoms. The molecule has 0 amide bonds. The second-order valence-electron chi connectivity index (χ2n) is 3.84. The van der Waals surface area contributed by atoms with Gasteiger partial charge in [-0.3, -0.25) is 4.79 Å². The minimum absolute atomic E-state index is 0.00116. The summed E-state index contributed by atoms with van der Waals surface area (Å²) in [6, 6.07) is 0. The molecule has 0 aliphatic carbocycles. The monoisotopic (exact) mass is 251 g/mol. The minimum atomic E-state index is -3.32. The number of rotatable bonds is 3. The fraction of sp³-hybridized carbons (Fsp3) is 0.889. The van der Waals surface area contributed by atoms with E-state index in [1.807, 2.05) is 0 Å². The Morgan fingerprint density at radius 1 is 1.56 bits per heavy atom. The summed E-state index contributed by atoms with van der Waals surface area (Å²) in [5, 5.41) is 9.63. The molecule has 94 valence electrons. The molecule has 2 atom stereocenters. The molecule has 0 aromatic carbocycles. The number of sulfonamides is 1. The zero-order chi connectivity index (χ0) is 12.3. The van der Waals surface area contributed by atoms with Gasteiger partial charge in [0.25, 0.3) is 0 Å².